The smallest absolute Gasteiger partial charge is 0.317 e. The summed E-state index contributed by atoms with van der Waals surface area (Å²) in [5.74, 6) is 0.829. The molecule has 0 bridgehead atoms. The summed E-state index contributed by atoms with van der Waals surface area (Å²) in [6, 6.07) is 7.77. The van der Waals surface area contributed by atoms with Crippen LogP contribution in [0.5, 0.6) is 5.75 Å². The molecule has 1 aromatic rings. The zero-order chi connectivity index (χ0) is 14.4. The standard InChI is InChI=1S/C15H23N3O2/c1-3-17-8-10-18(11-9-17)15(19)16-12-13-4-6-14(20-2)7-5-13/h4-7H,3,8-12H2,1-2H3,(H,16,19). The first-order valence-electron chi connectivity index (χ1n) is 7.11. The van der Waals surface area contributed by atoms with Crippen molar-refractivity contribution in [2.75, 3.05) is 39.8 Å². The van der Waals surface area contributed by atoms with Gasteiger partial charge in [-0.2, -0.15) is 0 Å². The number of carbonyl (C=O) groups excluding carboxylic acids is 1. The van der Waals surface area contributed by atoms with Crippen molar-refractivity contribution < 1.29 is 9.53 Å². The predicted molar refractivity (Wildman–Crippen MR) is 78.9 cm³/mol. The number of urea groups is 1. The Hall–Kier alpha value is -1.75. The zero-order valence-electron chi connectivity index (χ0n) is 12.3. The van der Waals surface area contributed by atoms with E-state index in [9.17, 15) is 4.79 Å². The molecule has 1 aliphatic rings. The number of methoxy groups -OCH3 is 1. The van der Waals surface area contributed by atoms with Gasteiger partial charge in [0.15, 0.2) is 0 Å². The van der Waals surface area contributed by atoms with Crippen molar-refractivity contribution in [3.05, 3.63) is 29.8 Å². The topological polar surface area (TPSA) is 44.8 Å². The van der Waals surface area contributed by atoms with Crippen LogP contribution < -0.4 is 10.1 Å². The van der Waals surface area contributed by atoms with Crippen molar-refractivity contribution >= 4 is 6.03 Å². The molecule has 0 unspecified atom stereocenters. The van der Waals surface area contributed by atoms with Gasteiger partial charge in [-0.15, -0.1) is 0 Å². The first-order chi connectivity index (χ1) is 9.72. The molecule has 2 rings (SSSR count). The number of likely N-dealkylation sites (N-methyl/N-ethyl adjacent to an activating group) is 1. The van der Waals surface area contributed by atoms with Gasteiger partial charge in [-0.25, -0.2) is 4.79 Å². The highest BCUT2D eigenvalue weighted by molar-refractivity contribution is 5.74. The minimum atomic E-state index is 0.0246. The van der Waals surface area contributed by atoms with E-state index >= 15 is 0 Å². The van der Waals surface area contributed by atoms with Crippen LogP contribution in [-0.2, 0) is 6.54 Å². The van der Waals surface area contributed by atoms with Gasteiger partial charge in [0, 0.05) is 32.7 Å². The van der Waals surface area contributed by atoms with Crippen molar-refractivity contribution in [2.24, 2.45) is 0 Å². The van der Waals surface area contributed by atoms with E-state index in [4.69, 9.17) is 4.74 Å². The lowest BCUT2D eigenvalue weighted by atomic mass is 10.2. The molecule has 0 aliphatic carbocycles. The zero-order valence-corrected chi connectivity index (χ0v) is 12.3. The summed E-state index contributed by atoms with van der Waals surface area (Å²) in [6.45, 7) is 7.31. The lowest BCUT2D eigenvalue weighted by Gasteiger charge is -2.34. The van der Waals surface area contributed by atoms with Crippen molar-refractivity contribution in [1.82, 2.24) is 15.1 Å². The van der Waals surface area contributed by atoms with Crippen LogP contribution >= 0.6 is 0 Å². The lowest BCUT2D eigenvalue weighted by molar-refractivity contribution is 0.142. The fraction of sp³-hybridized carbons (Fsp3) is 0.533. The molecule has 1 heterocycles. The normalized spacial score (nSPS) is 16.0. The number of hydrogen-bond donors (Lipinski definition) is 1. The number of rotatable bonds is 4. The summed E-state index contributed by atoms with van der Waals surface area (Å²) in [5, 5.41) is 2.97. The molecule has 1 saturated heterocycles. The molecule has 0 aromatic heterocycles. The molecule has 1 aromatic carbocycles. The third-order valence-electron chi connectivity index (χ3n) is 3.71. The predicted octanol–water partition coefficient (Wildman–Crippen LogP) is 1.54. The average molecular weight is 277 g/mol. The summed E-state index contributed by atoms with van der Waals surface area (Å²) in [6.07, 6.45) is 0. The first kappa shape index (κ1) is 14.7. The van der Waals surface area contributed by atoms with Gasteiger partial charge in [0.1, 0.15) is 5.75 Å². The summed E-state index contributed by atoms with van der Waals surface area (Å²) in [5.41, 5.74) is 1.08. The molecular formula is C15H23N3O2. The fourth-order valence-electron chi connectivity index (χ4n) is 2.30. The van der Waals surface area contributed by atoms with Crippen LogP contribution in [0.2, 0.25) is 0 Å². The number of nitrogens with one attached hydrogen (secondary N) is 1. The summed E-state index contributed by atoms with van der Waals surface area (Å²) in [7, 11) is 1.65. The first-order valence-corrected chi connectivity index (χ1v) is 7.11. The second-order valence-corrected chi connectivity index (χ2v) is 4.93. The van der Waals surface area contributed by atoms with Crippen molar-refractivity contribution in [2.45, 2.75) is 13.5 Å². The van der Waals surface area contributed by atoms with E-state index in [1.807, 2.05) is 29.2 Å². The number of amides is 2. The Morgan fingerprint density at radius 2 is 1.85 bits per heavy atom. The lowest BCUT2D eigenvalue weighted by Crippen LogP contribution is -2.51. The third kappa shape index (κ3) is 3.87. The van der Waals surface area contributed by atoms with Gasteiger partial charge in [-0.3, -0.25) is 0 Å². The van der Waals surface area contributed by atoms with Crippen LogP contribution in [0, 0.1) is 0 Å². The van der Waals surface area contributed by atoms with Crippen molar-refractivity contribution in [1.29, 1.82) is 0 Å². The molecule has 5 heteroatoms. The van der Waals surface area contributed by atoms with E-state index in [0.717, 1.165) is 44.0 Å². The highest BCUT2D eigenvalue weighted by atomic mass is 16.5. The number of benzene rings is 1. The molecule has 2 amide bonds. The van der Waals surface area contributed by atoms with E-state index in [1.165, 1.54) is 0 Å². The molecule has 0 saturated carbocycles. The maximum absolute atomic E-state index is 12.1. The Labute approximate surface area is 120 Å². The van der Waals surface area contributed by atoms with E-state index in [1.54, 1.807) is 7.11 Å². The molecule has 5 nitrogen and oxygen atoms in total. The van der Waals surface area contributed by atoms with Gasteiger partial charge in [0.2, 0.25) is 0 Å². The molecule has 110 valence electrons. The van der Waals surface area contributed by atoms with E-state index < -0.39 is 0 Å². The largest absolute Gasteiger partial charge is 0.497 e. The van der Waals surface area contributed by atoms with Crippen LogP contribution in [-0.4, -0.2) is 55.7 Å². The minimum absolute atomic E-state index is 0.0246. The van der Waals surface area contributed by atoms with Gasteiger partial charge in [-0.1, -0.05) is 19.1 Å². The van der Waals surface area contributed by atoms with Crippen molar-refractivity contribution in [3.8, 4) is 5.75 Å². The molecule has 0 radical (unpaired) electrons. The number of piperazine rings is 1. The number of hydrogen-bond acceptors (Lipinski definition) is 3. The van der Waals surface area contributed by atoms with Gasteiger partial charge in [-0.05, 0) is 24.2 Å². The quantitative estimate of drug-likeness (QED) is 0.908. The van der Waals surface area contributed by atoms with Crippen LogP contribution in [0.25, 0.3) is 0 Å². The molecule has 0 spiro atoms. The van der Waals surface area contributed by atoms with Crippen LogP contribution in [0.15, 0.2) is 24.3 Å². The van der Waals surface area contributed by atoms with E-state index in [-0.39, 0.29) is 6.03 Å². The van der Waals surface area contributed by atoms with Crippen LogP contribution in [0.4, 0.5) is 4.79 Å². The highest BCUT2D eigenvalue weighted by Gasteiger charge is 2.19. The second kappa shape index (κ2) is 7.14. The van der Waals surface area contributed by atoms with Gasteiger partial charge in [0.25, 0.3) is 0 Å². The number of carbonyl (C=O) groups is 1. The molecular weight excluding hydrogens is 254 g/mol. The SMILES string of the molecule is CCN1CCN(C(=O)NCc2ccc(OC)cc2)CC1. The van der Waals surface area contributed by atoms with Gasteiger partial charge < -0.3 is 19.9 Å². The Morgan fingerprint density at radius 1 is 1.20 bits per heavy atom. The van der Waals surface area contributed by atoms with E-state index in [0.29, 0.717) is 6.54 Å². The monoisotopic (exact) mass is 277 g/mol. The highest BCUT2D eigenvalue weighted by Crippen LogP contribution is 2.11. The number of ether oxygens (including phenoxy) is 1. The Morgan fingerprint density at radius 3 is 2.40 bits per heavy atom. The van der Waals surface area contributed by atoms with Crippen molar-refractivity contribution in [3.63, 3.8) is 0 Å². The maximum atomic E-state index is 12.1. The second-order valence-electron chi connectivity index (χ2n) is 4.93. The maximum Gasteiger partial charge on any atom is 0.317 e. The average Bonchev–Trinajstić information content (AvgIpc) is 2.53. The Balaban J connectivity index is 1.77. The fourth-order valence-corrected chi connectivity index (χ4v) is 2.30. The Bertz CT molecular complexity index is 425. The molecule has 1 N–H and O–H groups in total. The van der Waals surface area contributed by atoms with E-state index in [2.05, 4.69) is 17.1 Å². The molecule has 1 fully saturated rings. The van der Waals surface area contributed by atoms with Gasteiger partial charge in [0.05, 0.1) is 7.11 Å². The number of nitrogens with zero attached hydrogens (tertiary/aromatic N) is 2. The minimum Gasteiger partial charge on any atom is -0.497 e. The molecule has 20 heavy (non-hydrogen) atoms. The van der Waals surface area contributed by atoms with Crippen LogP contribution in [0.3, 0.4) is 0 Å². The third-order valence-corrected chi connectivity index (χ3v) is 3.71. The summed E-state index contributed by atoms with van der Waals surface area (Å²) in [4.78, 5) is 16.3. The summed E-state index contributed by atoms with van der Waals surface area (Å²) < 4.78 is 5.11. The molecule has 0 atom stereocenters. The summed E-state index contributed by atoms with van der Waals surface area (Å²) >= 11 is 0. The van der Waals surface area contributed by atoms with Crippen LogP contribution in [0.1, 0.15) is 12.5 Å². The van der Waals surface area contributed by atoms with Gasteiger partial charge >= 0.3 is 6.03 Å². The molecule has 1 aliphatic heterocycles. The Kier molecular flexibility index (Phi) is 5.24.